The van der Waals surface area contributed by atoms with Crippen LogP contribution in [0, 0.1) is 11.8 Å². The summed E-state index contributed by atoms with van der Waals surface area (Å²) < 4.78 is 21.1. The molecule has 0 spiro atoms. The van der Waals surface area contributed by atoms with Crippen molar-refractivity contribution in [3.63, 3.8) is 0 Å². The molecule has 0 bridgehead atoms. The molecule has 144 valence electrons. The maximum Gasteiger partial charge on any atom is 0.193 e. The highest BCUT2D eigenvalue weighted by Gasteiger charge is 2.45. The van der Waals surface area contributed by atoms with Gasteiger partial charge in [0.2, 0.25) is 0 Å². The number of rotatable bonds is 8. The average molecular weight is 383 g/mol. The lowest BCUT2D eigenvalue weighted by Crippen LogP contribution is -2.42. The van der Waals surface area contributed by atoms with Crippen LogP contribution in [-0.4, -0.2) is 20.6 Å². The van der Waals surface area contributed by atoms with E-state index in [1.54, 1.807) is 0 Å². The Hall–Kier alpha value is -0.373. The third kappa shape index (κ3) is 6.38. The van der Waals surface area contributed by atoms with Gasteiger partial charge < -0.3 is 8.99 Å². The smallest absolute Gasteiger partial charge is 0.193 e. The second-order valence-electron chi connectivity index (χ2n) is 9.75. The third-order valence-corrected chi connectivity index (χ3v) is 13.7. The topological polar surface area (TPSA) is 26.3 Å². The van der Waals surface area contributed by atoms with Gasteiger partial charge in [0, 0.05) is 12.3 Å². The van der Waals surface area contributed by atoms with E-state index in [9.17, 15) is 4.57 Å². The first kappa shape index (κ1) is 22.7. The van der Waals surface area contributed by atoms with E-state index in [4.69, 9.17) is 4.43 Å². The van der Waals surface area contributed by atoms with Crippen LogP contribution in [0.2, 0.25) is 18.1 Å². The molecule has 0 aliphatic heterocycles. The summed E-state index contributed by atoms with van der Waals surface area (Å²) >= 11 is 0. The molecule has 0 radical (unpaired) electrons. The molecule has 1 aromatic carbocycles. The van der Waals surface area contributed by atoms with Gasteiger partial charge in [-0.1, -0.05) is 78.8 Å². The SMILES string of the molecule is CC(C)CP(=O)(CC(C)C)C(O[Si](C)(C)C(C)(C)C)c1ccccc1. The summed E-state index contributed by atoms with van der Waals surface area (Å²) in [6, 6.07) is 10.3. The zero-order valence-corrected chi connectivity index (χ0v) is 19.7. The van der Waals surface area contributed by atoms with E-state index in [1.807, 2.05) is 18.2 Å². The molecule has 1 atom stereocenters. The largest absolute Gasteiger partial charge is 0.403 e. The number of hydrogen-bond acceptors (Lipinski definition) is 2. The highest BCUT2D eigenvalue weighted by molar-refractivity contribution is 7.64. The third-order valence-electron chi connectivity index (χ3n) is 5.07. The predicted octanol–water partition coefficient (Wildman–Crippen LogP) is 7.38. The van der Waals surface area contributed by atoms with Crippen molar-refractivity contribution in [3.05, 3.63) is 35.9 Å². The van der Waals surface area contributed by atoms with Crippen LogP contribution in [0.25, 0.3) is 0 Å². The monoisotopic (exact) mass is 382 g/mol. The molecule has 0 N–H and O–H groups in total. The van der Waals surface area contributed by atoms with Gasteiger partial charge in [0.15, 0.2) is 8.32 Å². The molecule has 1 aromatic rings. The molecule has 1 unspecified atom stereocenters. The van der Waals surface area contributed by atoms with Crippen molar-refractivity contribution in [1.29, 1.82) is 0 Å². The molecule has 25 heavy (non-hydrogen) atoms. The van der Waals surface area contributed by atoms with Gasteiger partial charge >= 0.3 is 0 Å². The second-order valence-corrected chi connectivity index (χ2v) is 17.6. The van der Waals surface area contributed by atoms with Crippen molar-refractivity contribution in [2.75, 3.05) is 12.3 Å². The maximum absolute atomic E-state index is 14.2. The van der Waals surface area contributed by atoms with E-state index in [1.165, 1.54) is 0 Å². The van der Waals surface area contributed by atoms with Crippen molar-refractivity contribution >= 4 is 15.5 Å². The molecule has 0 saturated carbocycles. The molecule has 0 saturated heterocycles. The fourth-order valence-corrected chi connectivity index (χ4v) is 9.34. The molecule has 2 nitrogen and oxygen atoms in total. The van der Waals surface area contributed by atoms with E-state index in [0.717, 1.165) is 17.9 Å². The Bertz CT molecular complexity index is 559. The first-order valence-electron chi connectivity index (χ1n) is 9.59. The van der Waals surface area contributed by atoms with Crippen LogP contribution in [0.3, 0.4) is 0 Å². The number of hydrogen-bond donors (Lipinski definition) is 0. The predicted molar refractivity (Wildman–Crippen MR) is 114 cm³/mol. The van der Waals surface area contributed by atoms with Gasteiger partial charge in [-0.15, -0.1) is 0 Å². The quantitative estimate of drug-likeness (QED) is 0.346. The lowest BCUT2D eigenvalue weighted by Gasteiger charge is -2.42. The minimum Gasteiger partial charge on any atom is -0.403 e. The van der Waals surface area contributed by atoms with Crippen LogP contribution in [-0.2, 0) is 8.99 Å². The molecule has 0 aromatic heterocycles. The Kier molecular flexibility index (Phi) is 7.75. The first-order valence-corrected chi connectivity index (χ1v) is 14.6. The molecule has 0 aliphatic carbocycles. The molecule has 0 amide bonds. The van der Waals surface area contributed by atoms with Gasteiger partial charge in [-0.25, -0.2) is 0 Å². The van der Waals surface area contributed by atoms with Crippen LogP contribution in [0.15, 0.2) is 30.3 Å². The summed E-state index contributed by atoms with van der Waals surface area (Å²) in [7, 11) is -4.55. The normalized spacial score (nSPS) is 15.0. The van der Waals surface area contributed by atoms with Crippen molar-refractivity contribution < 1.29 is 8.99 Å². The summed E-state index contributed by atoms with van der Waals surface area (Å²) in [5, 5.41) is 0.0977. The fraction of sp³-hybridized carbons (Fsp3) is 0.714. The van der Waals surface area contributed by atoms with Crippen molar-refractivity contribution in [2.45, 2.75) is 72.4 Å². The van der Waals surface area contributed by atoms with Crippen molar-refractivity contribution in [3.8, 4) is 0 Å². The minimum absolute atomic E-state index is 0.0977. The Labute approximate surface area is 157 Å². The standard InChI is InChI=1S/C21H39O2PSi/c1-17(2)15-24(22,16-18(3)4)20(19-13-11-10-12-14-19)23-25(8,9)21(5,6)7/h10-14,17-18,20H,15-16H2,1-9H3. The summed E-state index contributed by atoms with van der Waals surface area (Å²) in [6.07, 6.45) is 1.50. The molecule has 1 rings (SSSR count). The number of benzene rings is 1. The summed E-state index contributed by atoms with van der Waals surface area (Å²) in [5.41, 5.74) is 1.08. The molecule has 0 heterocycles. The van der Waals surface area contributed by atoms with Gasteiger partial charge in [-0.05, 0) is 35.5 Å². The summed E-state index contributed by atoms with van der Waals surface area (Å²) in [4.78, 5) is 0. The molecule has 0 aliphatic rings. The van der Waals surface area contributed by atoms with Crippen LogP contribution >= 0.6 is 7.14 Å². The Morgan fingerprint density at radius 1 is 0.960 bits per heavy atom. The highest BCUT2D eigenvalue weighted by Crippen LogP contribution is 2.63. The van der Waals surface area contributed by atoms with Crippen molar-refractivity contribution in [1.82, 2.24) is 0 Å². The average Bonchev–Trinajstić information content (AvgIpc) is 2.42. The molecule has 0 fully saturated rings. The van der Waals surface area contributed by atoms with Gasteiger partial charge in [0.05, 0.1) is 0 Å². The Morgan fingerprint density at radius 2 is 1.40 bits per heavy atom. The molecular formula is C21H39O2PSi. The fourth-order valence-electron chi connectivity index (χ4n) is 3.01. The van der Waals surface area contributed by atoms with Crippen LogP contribution in [0.5, 0.6) is 0 Å². The Morgan fingerprint density at radius 3 is 1.76 bits per heavy atom. The van der Waals surface area contributed by atoms with Crippen molar-refractivity contribution in [2.24, 2.45) is 11.8 Å². The van der Waals surface area contributed by atoms with Gasteiger partial charge in [0.1, 0.15) is 13.0 Å². The van der Waals surface area contributed by atoms with Gasteiger partial charge in [-0.2, -0.15) is 0 Å². The van der Waals surface area contributed by atoms with E-state index >= 15 is 0 Å². The van der Waals surface area contributed by atoms with Crippen LogP contribution < -0.4 is 0 Å². The lowest BCUT2D eigenvalue weighted by atomic mass is 10.2. The van der Waals surface area contributed by atoms with Gasteiger partial charge in [0.25, 0.3) is 0 Å². The van der Waals surface area contributed by atoms with Crippen LogP contribution in [0.1, 0.15) is 59.9 Å². The zero-order chi connectivity index (χ0) is 19.5. The minimum atomic E-state index is -2.52. The zero-order valence-electron chi connectivity index (χ0n) is 17.8. The summed E-state index contributed by atoms with van der Waals surface area (Å²) in [6.45, 7) is 19.9. The highest BCUT2D eigenvalue weighted by atomic mass is 31.2. The van der Waals surface area contributed by atoms with Gasteiger partial charge in [-0.3, -0.25) is 0 Å². The van der Waals surface area contributed by atoms with Crippen LogP contribution in [0.4, 0.5) is 0 Å². The second kappa shape index (κ2) is 8.54. The maximum atomic E-state index is 14.2. The summed E-state index contributed by atoms with van der Waals surface area (Å²) in [5.74, 6) is 0.525. The van der Waals surface area contributed by atoms with E-state index in [0.29, 0.717) is 11.8 Å². The molecular weight excluding hydrogens is 343 g/mol. The molecule has 4 heteroatoms. The first-order chi connectivity index (χ1) is 11.3. The van der Waals surface area contributed by atoms with E-state index < -0.39 is 15.5 Å². The van der Waals surface area contributed by atoms with E-state index in [2.05, 4.69) is 73.7 Å². The van der Waals surface area contributed by atoms with E-state index in [-0.39, 0.29) is 10.9 Å². The lowest BCUT2D eigenvalue weighted by molar-refractivity contribution is 0.249. The Balaban J connectivity index is 3.40.